The van der Waals surface area contributed by atoms with Gasteiger partial charge >= 0.3 is 6.09 Å². The van der Waals surface area contributed by atoms with Crippen LogP contribution >= 0.6 is 0 Å². The zero-order valence-electron chi connectivity index (χ0n) is 15.4. The van der Waals surface area contributed by atoms with E-state index >= 15 is 0 Å². The molecule has 130 valence electrons. The molecular weight excluding hydrogens is 276 g/mol. The van der Waals surface area contributed by atoms with Crippen LogP contribution in [0.4, 0.5) is 4.79 Å². The molecule has 1 N–H and O–H groups in total. The zero-order valence-corrected chi connectivity index (χ0v) is 15.4. The Morgan fingerprint density at radius 2 is 1.95 bits per heavy atom. The van der Waals surface area contributed by atoms with Crippen molar-refractivity contribution in [3.05, 3.63) is 0 Å². The van der Waals surface area contributed by atoms with Crippen molar-refractivity contribution in [2.45, 2.75) is 91.3 Å². The van der Waals surface area contributed by atoms with Gasteiger partial charge in [0.15, 0.2) is 0 Å². The predicted molar refractivity (Wildman–Crippen MR) is 92.1 cm³/mol. The fourth-order valence-electron chi connectivity index (χ4n) is 2.88. The highest BCUT2D eigenvalue weighted by atomic mass is 16.6. The minimum Gasteiger partial charge on any atom is -0.444 e. The van der Waals surface area contributed by atoms with E-state index in [0.29, 0.717) is 6.04 Å². The summed E-state index contributed by atoms with van der Waals surface area (Å²) in [5.74, 6) is 0.782. The van der Waals surface area contributed by atoms with Gasteiger partial charge in [-0.15, -0.1) is 0 Å². The SMILES string of the molecule is CC(C)CCCC(C)NCC1CCCN1C(=O)OC(C)(C)C. The fourth-order valence-corrected chi connectivity index (χ4v) is 2.88. The average Bonchev–Trinajstić information content (AvgIpc) is 2.82. The Hall–Kier alpha value is -0.770. The summed E-state index contributed by atoms with van der Waals surface area (Å²) in [4.78, 5) is 14.1. The Morgan fingerprint density at radius 3 is 2.55 bits per heavy atom. The molecule has 1 fully saturated rings. The van der Waals surface area contributed by atoms with Crippen LogP contribution in [0.15, 0.2) is 0 Å². The van der Waals surface area contributed by atoms with Gasteiger partial charge in [0.25, 0.3) is 0 Å². The van der Waals surface area contributed by atoms with Gasteiger partial charge in [-0.3, -0.25) is 0 Å². The van der Waals surface area contributed by atoms with Gasteiger partial charge in [0.2, 0.25) is 0 Å². The van der Waals surface area contributed by atoms with E-state index in [0.717, 1.165) is 31.8 Å². The van der Waals surface area contributed by atoms with Crippen molar-refractivity contribution in [3.63, 3.8) is 0 Å². The van der Waals surface area contributed by atoms with Crippen molar-refractivity contribution >= 4 is 6.09 Å². The first-order valence-electron chi connectivity index (χ1n) is 8.92. The number of hydrogen-bond donors (Lipinski definition) is 1. The molecule has 0 spiro atoms. The molecule has 22 heavy (non-hydrogen) atoms. The standard InChI is InChI=1S/C18H36N2O2/c1-14(2)9-7-10-15(3)19-13-16-11-8-12-20(16)17(21)22-18(4,5)6/h14-16,19H,7-13H2,1-6H3. The maximum absolute atomic E-state index is 12.2. The summed E-state index contributed by atoms with van der Waals surface area (Å²) in [6.45, 7) is 14.3. The minimum absolute atomic E-state index is 0.163. The van der Waals surface area contributed by atoms with Gasteiger partial charge in [0.05, 0.1) is 0 Å². The molecule has 2 atom stereocenters. The molecule has 1 heterocycles. The van der Waals surface area contributed by atoms with Crippen LogP contribution in [0.1, 0.15) is 73.6 Å². The number of hydrogen-bond acceptors (Lipinski definition) is 3. The molecule has 1 saturated heterocycles. The van der Waals surface area contributed by atoms with E-state index < -0.39 is 5.60 Å². The molecule has 0 aromatic heterocycles. The van der Waals surface area contributed by atoms with Crippen molar-refractivity contribution in [2.24, 2.45) is 5.92 Å². The molecule has 1 rings (SSSR count). The summed E-state index contributed by atoms with van der Waals surface area (Å²) in [6, 6.07) is 0.794. The average molecular weight is 312 g/mol. The summed E-state index contributed by atoms with van der Waals surface area (Å²) in [5.41, 5.74) is -0.415. The third-order valence-electron chi connectivity index (χ3n) is 4.13. The summed E-state index contributed by atoms with van der Waals surface area (Å²) in [7, 11) is 0. The quantitative estimate of drug-likeness (QED) is 0.766. The predicted octanol–water partition coefficient (Wildman–Crippen LogP) is 4.19. The normalized spacial score (nSPS) is 20.5. The summed E-state index contributed by atoms with van der Waals surface area (Å²) in [6.07, 6.45) is 5.76. The monoisotopic (exact) mass is 312 g/mol. The highest BCUT2D eigenvalue weighted by molar-refractivity contribution is 5.69. The van der Waals surface area contributed by atoms with Crippen LogP contribution < -0.4 is 5.32 Å². The topological polar surface area (TPSA) is 41.6 Å². The molecule has 0 aromatic carbocycles. The van der Waals surface area contributed by atoms with Gasteiger partial charge in [-0.2, -0.15) is 0 Å². The Labute approximate surface area is 137 Å². The second kappa shape index (κ2) is 8.76. The van der Waals surface area contributed by atoms with E-state index in [1.165, 1.54) is 19.3 Å². The van der Waals surface area contributed by atoms with Crippen LogP contribution in [-0.4, -0.2) is 41.8 Å². The molecule has 0 radical (unpaired) electrons. The number of nitrogens with one attached hydrogen (secondary N) is 1. The number of likely N-dealkylation sites (tertiary alicyclic amines) is 1. The first-order valence-corrected chi connectivity index (χ1v) is 8.92. The molecule has 0 aliphatic carbocycles. The lowest BCUT2D eigenvalue weighted by Crippen LogP contribution is -2.45. The maximum Gasteiger partial charge on any atom is 0.410 e. The van der Waals surface area contributed by atoms with E-state index in [1.54, 1.807) is 0 Å². The van der Waals surface area contributed by atoms with Crippen LogP contribution in [0, 0.1) is 5.92 Å². The Bertz CT molecular complexity index is 336. The third-order valence-corrected chi connectivity index (χ3v) is 4.13. The number of ether oxygens (including phenoxy) is 1. The van der Waals surface area contributed by atoms with Gasteiger partial charge in [0, 0.05) is 25.2 Å². The van der Waals surface area contributed by atoms with Crippen molar-refractivity contribution in [2.75, 3.05) is 13.1 Å². The van der Waals surface area contributed by atoms with Crippen molar-refractivity contribution in [3.8, 4) is 0 Å². The Morgan fingerprint density at radius 1 is 1.27 bits per heavy atom. The second-order valence-corrected chi connectivity index (χ2v) is 8.10. The molecule has 0 bridgehead atoms. The van der Waals surface area contributed by atoms with Crippen LogP contribution in [-0.2, 0) is 4.74 Å². The highest BCUT2D eigenvalue weighted by Crippen LogP contribution is 2.20. The largest absolute Gasteiger partial charge is 0.444 e. The number of amides is 1. The Balaban J connectivity index is 2.33. The molecule has 1 amide bonds. The number of nitrogens with zero attached hydrogens (tertiary/aromatic N) is 1. The van der Waals surface area contributed by atoms with Crippen LogP contribution in [0.25, 0.3) is 0 Å². The van der Waals surface area contributed by atoms with Crippen LogP contribution in [0.2, 0.25) is 0 Å². The van der Waals surface area contributed by atoms with E-state index in [2.05, 4.69) is 26.1 Å². The molecule has 4 heteroatoms. The minimum atomic E-state index is -0.415. The summed E-state index contributed by atoms with van der Waals surface area (Å²) >= 11 is 0. The first-order chi connectivity index (χ1) is 10.2. The maximum atomic E-state index is 12.2. The molecule has 2 unspecified atom stereocenters. The van der Waals surface area contributed by atoms with E-state index in [9.17, 15) is 4.79 Å². The molecule has 0 saturated carbocycles. The van der Waals surface area contributed by atoms with Gasteiger partial charge in [-0.05, 0) is 52.9 Å². The molecule has 4 nitrogen and oxygen atoms in total. The van der Waals surface area contributed by atoms with Gasteiger partial charge in [-0.25, -0.2) is 4.79 Å². The van der Waals surface area contributed by atoms with Crippen LogP contribution in [0.5, 0.6) is 0 Å². The number of carbonyl (C=O) groups excluding carboxylic acids is 1. The molecule has 1 aliphatic heterocycles. The lowest BCUT2D eigenvalue weighted by Gasteiger charge is -2.29. The summed E-state index contributed by atoms with van der Waals surface area (Å²) in [5, 5.41) is 3.60. The highest BCUT2D eigenvalue weighted by Gasteiger charge is 2.31. The van der Waals surface area contributed by atoms with Crippen molar-refractivity contribution in [1.29, 1.82) is 0 Å². The van der Waals surface area contributed by atoms with E-state index in [4.69, 9.17) is 4.74 Å². The van der Waals surface area contributed by atoms with Crippen LogP contribution in [0.3, 0.4) is 0 Å². The second-order valence-electron chi connectivity index (χ2n) is 8.10. The number of rotatable bonds is 7. The summed E-state index contributed by atoms with van der Waals surface area (Å²) < 4.78 is 5.51. The fraction of sp³-hybridized carbons (Fsp3) is 0.944. The molecule has 1 aliphatic rings. The van der Waals surface area contributed by atoms with E-state index in [-0.39, 0.29) is 12.1 Å². The van der Waals surface area contributed by atoms with Gasteiger partial charge in [-0.1, -0.05) is 26.7 Å². The third kappa shape index (κ3) is 7.48. The van der Waals surface area contributed by atoms with Crippen molar-refractivity contribution < 1.29 is 9.53 Å². The molecule has 0 aromatic rings. The van der Waals surface area contributed by atoms with Gasteiger partial charge < -0.3 is 15.0 Å². The molecular formula is C18H36N2O2. The number of carbonyl (C=O) groups is 1. The zero-order chi connectivity index (χ0) is 16.8. The lowest BCUT2D eigenvalue weighted by molar-refractivity contribution is 0.0225. The van der Waals surface area contributed by atoms with E-state index in [1.807, 2.05) is 25.7 Å². The Kier molecular flexibility index (Phi) is 7.67. The smallest absolute Gasteiger partial charge is 0.410 e. The van der Waals surface area contributed by atoms with Gasteiger partial charge in [0.1, 0.15) is 5.60 Å². The van der Waals surface area contributed by atoms with Crippen molar-refractivity contribution in [1.82, 2.24) is 10.2 Å². The lowest BCUT2D eigenvalue weighted by atomic mass is 10.0. The first kappa shape index (κ1) is 19.3.